The molecule has 0 aromatic heterocycles. The summed E-state index contributed by atoms with van der Waals surface area (Å²) in [4.78, 5) is 2.82. The van der Waals surface area contributed by atoms with E-state index in [2.05, 4.69) is 4.90 Å². The molecule has 0 aliphatic carbocycles. The molecule has 5 heteroatoms. The molecule has 2 N–H and O–H groups in total. The minimum absolute atomic E-state index is 0.350. The molecule has 0 unspecified atom stereocenters. The third kappa shape index (κ3) is 4.34. The molecular formula is C14H19ClN2OS. The fraction of sp³-hybridized carbons (Fsp3) is 0.500. The lowest BCUT2D eigenvalue weighted by atomic mass is 10.2. The number of nitrogens with two attached hydrogens (primary N) is 1. The van der Waals surface area contributed by atoms with Gasteiger partial charge in [-0.05, 0) is 50.6 Å². The number of hydrogen-bond acceptors (Lipinski definition) is 3. The topological polar surface area (TPSA) is 38.5 Å². The van der Waals surface area contributed by atoms with Crippen LogP contribution in [0.4, 0.5) is 0 Å². The van der Waals surface area contributed by atoms with Gasteiger partial charge in [-0.15, -0.1) is 0 Å². The van der Waals surface area contributed by atoms with Crippen LogP contribution in [0.3, 0.4) is 0 Å². The number of benzene rings is 1. The summed E-state index contributed by atoms with van der Waals surface area (Å²) >= 11 is 11.0. The second-order valence-electron chi connectivity index (χ2n) is 4.76. The molecule has 1 aromatic rings. The normalized spacial score (nSPS) is 15.6. The second-order valence-corrected chi connectivity index (χ2v) is 5.61. The van der Waals surface area contributed by atoms with E-state index in [9.17, 15) is 0 Å². The minimum Gasteiger partial charge on any atom is -0.492 e. The van der Waals surface area contributed by atoms with E-state index in [0.717, 1.165) is 18.5 Å². The van der Waals surface area contributed by atoms with Crippen molar-refractivity contribution < 1.29 is 4.74 Å². The predicted molar refractivity (Wildman–Crippen MR) is 83.1 cm³/mol. The molecule has 0 spiro atoms. The third-order valence-electron chi connectivity index (χ3n) is 3.29. The highest BCUT2D eigenvalue weighted by atomic mass is 35.5. The Morgan fingerprint density at radius 1 is 1.37 bits per heavy atom. The Labute approximate surface area is 124 Å². The number of nitrogens with zero attached hydrogens (tertiary/aromatic N) is 1. The second kappa shape index (κ2) is 7.08. The van der Waals surface area contributed by atoms with Gasteiger partial charge in [0.1, 0.15) is 10.7 Å². The highest BCUT2D eigenvalue weighted by Gasteiger charge is 2.10. The maximum atomic E-state index is 6.13. The Hall–Kier alpha value is -0.840. The number of hydrogen-bond donors (Lipinski definition) is 1. The van der Waals surface area contributed by atoms with E-state index in [4.69, 9.17) is 34.3 Å². The van der Waals surface area contributed by atoms with Crippen LogP contribution in [0.25, 0.3) is 0 Å². The van der Waals surface area contributed by atoms with Crippen molar-refractivity contribution in [3.63, 3.8) is 0 Å². The number of halogens is 1. The van der Waals surface area contributed by atoms with Crippen molar-refractivity contribution in [1.82, 2.24) is 4.90 Å². The molecular weight excluding hydrogens is 280 g/mol. The fourth-order valence-electron chi connectivity index (χ4n) is 2.25. The van der Waals surface area contributed by atoms with Gasteiger partial charge in [0, 0.05) is 12.1 Å². The minimum atomic E-state index is 0.350. The Kier molecular flexibility index (Phi) is 5.43. The zero-order valence-electron chi connectivity index (χ0n) is 10.9. The molecule has 1 aliphatic heterocycles. The molecule has 1 saturated heterocycles. The summed E-state index contributed by atoms with van der Waals surface area (Å²) in [6, 6.07) is 5.41. The molecule has 2 rings (SSSR count). The van der Waals surface area contributed by atoms with Gasteiger partial charge < -0.3 is 15.4 Å². The monoisotopic (exact) mass is 298 g/mol. The van der Waals surface area contributed by atoms with Gasteiger partial charge in [0.05, 0.1) is 11.6 Å². The van der Waals surface area contributed by atoms with Crippen LogP contribution in [-0.2, 0) is 0 Å². The maximum absolute atomic E-state index is 6.13. The molecule has 0 radical (unpaired) electrons. The molecule has 0 bridgehead atoms. The van der Waals surface area contributed by atoms with E-state index in [-0.39, 0.29) is 0 Å². The highest BCUT2D eigenvalue weighted by Crippen LogP contribution is 2.25. The first-order chi connectivity index (χ1) is 9.16. The lowest BCUT2D eigenvalue weighted by Crippen LogP contribution is -2.21. The van der Waals surface area contributed by atoms with E-state index in [0.29, 0.717) is 22.4 Å². The average Bonchev–Trinajstić information content (AvgIpc) is 2.89. The lowest BCUT2D eigenvalue weighted by Gasteiger charge is -2.15. The predicted octanol–water partition coefficient (Wildman–Crippen LogP) is 2.84. The van der Waals surface area contributed by atoms with Gasteiger partial charge in [-0.25, -0.2) is 0 Å². The molecule has 1 fully saturated rings. The molecule has 1 heterocycles. The molecule has 19 heavy (non-hydrogen) atoms. The molecule has 0 amide bonds. The quantitative estimate of drug-likeness (QED) is 0.647. The number of ether oxygens (including phenoxy) is 1. The Bertz CT molecular complexity index is 447. The van der Waals surface area contributed by atoms with Crippen LogP contribution in [0.5, 0.6) is 5.75 Å². The van der Waals surface area contributed by atoms with Gasteiger partial charge in [-0.2, -0.15) is 0 Å². The summed E-state index contributed by atoms with van der Waals surface area (Å²) in [5.74, 6) is 0.697. The van der Waals surface area contributed by atoms with Crippen LogP contribution < -0.4 is 10.5 Å². The van der Waals surface area contributed by atoms with E-state index in [1.165, 1.54) is 25.9 Å². The Morgan fingerprint density at radius 3 is 2.74 bits per heavy atom. The number of likely N-dealkylation sites (tertiary alicyclic amines) is 1. The van der Waals surface area contributed by atoms with E-state index in [1.807, 2.05) is 12.1 Å². The SMILES string of the molecule is NC(=S)c1ccc(OCCCN2CCCC2)c(Cl)c1. The number of rotatable bonds is 6. The highest BCUT2D eigenvalue weighted by molar-refractivity contribution is 7.80. The fourth-order valence-corrected chi connectivity index (χ4v) is 2.61. The molecule has 3 nitrogen and oxygen atoms in total. The lowest BCUT2D eigenvalue weighted by molar-refractivity contribution is 0.263. The summed E-state index contributed by atoms with van der Waals surface area (Å²) < 4.78 is 5.69. The van der Waals surface area contributed by atoms with Crippen LogP contribution in [0.1, 0.15) is 24.8 Å². The van der Waals surface area contributed by atoms with Crippen molar-refractivity contribution in [2.75, 3.05) is 26.2 Å². The van der Waals surface area contributed by atoms with E-state index in [1.54, 1.807) is 6.07 Å². The van der Waals surface area contributed by atoms with Crippen LogP contribution in [0.15, 0.2) is 18.2 Å². The van der Waals surface area contributed by atoms with Gasteiger partial charge >= 0.3 is 0 Å². The Balaban J connectivity index is 1.77. The van der Waals surface area contributed by atoms with E-state index < -0.39 is 0 Å². The molecule has 0 saturated carbocycles. The summed E-state index contributed by atoms with van der Waals surface area (Å²) in [5.41, 5.74) is 6.32. The van der Waals surface area contributed by atoms with Crippen LogP contribution in [-0.4, -0.2) is 36.1 Å². The summed E-state index contributed by atoms with van der Waals surface area (Å²) in [7, 11) is 0. The molecule has 104 valence electrons. The zero-order valence-corrected chi connectivity index (χ0v) is 12.5. The van der Waals surface area contributed by atoms with Crippen molar-refractivity contribution in [2.45, 2.75) is 19.3 Å². The van der Waals surface area contributed by atoms with Gasteiger partial charge in [0.25, 0.3) is 0 Å². The zero-order chi connectivity index (χ0) is 13.7. The van der Waals surface area contributed by atoms with E-state index >= 15 is 0 Å². The van der Waals surface area contributed by atoms with Gasteiger partial charge in [-0.3, -0.25) is 0 Å². The van der Waals surface area contributed by atoms with Crippen molar-refractivity contribution in [2.24, 2.45) is 5.73 Å². The molecule has 1 aliphatic rings. The van der Waals surface area contributed by atoms with Crippen LogP contribution in [0.2, 0.25) is 5.02 Å². The van der Waals surface area contributed by atoms with Crippen molar-refractivity contribution in [1.29, 1.82) is 0 Å². The van der Waals surface area contributed by atoms with Gasteiger partial charge in [-0.1, -0.05) is 23.8 Å². The average molecular weight is 299 g/mol. The Morgan fingerprint density at radius 2 is 2.11 bits per heavy atom. The first-order valence-electron chi connectivity index (χ1n) is 6.61. The summed E-state index contributed by atoms with van der Waals surface area (Å²) in [6.07, 6.45) is 3.67. The molecule has 0 atom stereocenters. The van der Waals surface area contributed by atoms with Crippen molar-refractivity contribution >= 4 is 28.8 Å². The van der Waals surface area contributed by atoms with Crippen LogP contribution >= 0.6 is 23.8 Å². The smallest absolute Gasteiger partial charge is 0.137 e. The van der Waals surface area contributed by atoms with Crippen molar-refractivity contribution in [3.8, 4) is 5.75 Å². The summed E-state index contributed by atoms with van der Waals surface area (Å²) in [5, 5.41) is 0.562. The van der Waals surface area contributed by atoms with Crippen molar-refractivity contribution in [3.05, 3.63) is 28.8 Å². The first-order valence-corrected chi connectivity index (χ1v) is 7.40. The largest absolute Gasteiger partial charge is 0.492 e. The maximum Gasteiger partial charge on any atom is 0.137 e. The summed E-state index contributed by atoms with van der Waals surface area (Å²) in [6.45, 7) is 4.23. The molecule has 1 aromatic carbocycles. The van der Waals surface area contributed by atoms with Crippen LogP contribution in [0, 0.1) is 0 Å². The number of thiocarbonyl (C=S) groups is 1. The third-order valence-corrected chi connectivity index (χ3v) is 3.82. The van der Waals surface area contributed by atoms with Gasteiger partial charge in [0.15, 0.2) is 0 Å². The standard InChI is InChI=1S/C14H19ClN2OS/c15-12-10-11(14(16)19)4-5-13(12)18-9-3-8-17-6-1-2-7-17/h4-5,10H,1-3,6-9H2,(H2,16,19). The van der Waals surface area contributed by atoms with Gasteiger partial charge in [0.2, 0.25) is 0 Å². The first kappa shape index (κ1) is 14.6.